The van der Waals surface area contributed by atoms with Crippen molar-refractivity contribution >= 4 is 15.9 Å². The van der Waals surface area contributed by atoms with E-state index in [0.29, 0.717) is 11.3 Å². The van der Waals surface area contributed by atoms with Crippen LogP contribution in [0.15, 0.2) is 47.1 Å². The number of nitrogens with zero attached hydrogens (tertiary/aromatic N) is 1. The molecule has 2 rings (SSSR count). The summed E-state index contributed by atoms with van der Waals surface area (Å²) in [6.45, 7) is -0.126. The largest absolute Gasteiger partial charge is 0.467 e. The molecule has 24 heavy (non-hydrogen) atoms. The average molecular weight is 354 g/mol. The number of amides is 1. The predicted octanol–water partition coefficient (Wildman–Crippen LogP) is 1.54. The monoisotopic (exact) mass is 354 g/mol. The summed E-state index contributed by atoms with van der Waals surface area (Å²) < 4.78 is 43.4. The lowest BCUT2D eigenvalue weighted by Crippen LogP contribution is -2.41. The summed E-state index contributed by atoms with van der Waals surface area (Å²) >= 11 is 0. The van der Waals surface area contributed by atoms with Crippen molar-refractivity contribution in [3.8, 4) is 0 Å². The van der Waals surface area contributed by atoms with Crippen molar-refractivity contribution in [3.05, 3.63) is 59.8 Å². The first-order valence-electron chi connectivity index (χ1n) is 7.34. The summed E-state index contributed by atoms with van der Waals surface area (Å²) in [6, 6.07) is 9.54. The molecule has 0 spiro atoms. The van der Waals surface area contributed by atoms with Gasteiger partial charge in [-0.25, -0.2) is 12.8 Å². The first-order valence-corrected chi connectivity index (χ1v) is 9.18. The van der Waals surface area contributed by atoms with E-state index in [1.807, 2.05) is 0 Å². The summed E-state index contributed by atoms with van der Waals surface area (Å²) in [6.07, 6.45) is 2.69. The van der Waals surface area contributed by atoms with Crippen LogP contribution in [0.5, 0.6) is 0 Å². The highest BCUT2D eigenvalue weighted by Crippen LogP contribution is 2.09. The van der Waals surface area contributed by atoms with E-state index in [9.17, 15) is 17.6 Å². The van der Waals surface area contributed by atoms with Crippen molar-refractivity contribution in [3.63, 3.8) is 0 Å². The number of carbonyl (C=O) groups is 1. The van der Waals surface area contributed by atoms with Gasteiger partial charge in [-0.2, -0.15) is 4.31 Å². The van der Waals surface area contributed by atoms with E-state index in [-0.39, 0.29) is 26.1 Å². The Kier molecular flexibility index (Phi) is 6.10. The van der Waals surface area contributed by atoms with Crippen LogP contribution in [-0.2, 0) is 27.8 Å². The van der Waals surface area contributed by atoms with E-state index in [2.05, 4.69) is 5.32 Å². The minimum Gasteiger partial charge on any atom is -0.467 e. The third kappa shape index (κ3) is 5.47. The van der Waals surface area contributed by atoms with Gasteiger partial charge in [0.1, 0.15) is 11.6 Å². The highest BCUT2D eigenvalue weighted by molar-refractivity contribution is 7.88. The zero-order chi connectivity index (χ0) is 17.6. The number of benzene rings is 1. The Morgan fingerprint density at radius 2 is 2.00 bits per heavy atom. The molecule has 0 atom stereocenters. The van der Waals surface area contributed by atoms with Crippen molar-refractivity contribution < 1.29 is 22.0 Å². The highest BCUT2D eigenvalue weighted by Gasteiger charge is 2.20. The Hall–Kier alpha value is -2.19. The molecule has 1 N–H and O–H groups in total. The van der Waals surface area contributed by atoms with Gasteiger partial charge in [0.2, 0.25) is 15.9 Å². The fourth-order valence-electron chi connectivity index (χ4n) is 2.12. The van der Waals surface area contributed by atoms with Crippen molar-refractivity contribution in [2.24, 2.45) is 0 Å². The van der Waals surface area contributed by atoms with Gasteiger partial charge in [-0.15, -0.1) is 0 Å². The molecule has 0 saturated heterocycles. The molecule has 130 valence electrons. The normalized spacial score (nSPS) is 11.6. The van der Waals surface area contributed by atoms with Crippen molar-refractivity contribution in [1.29, 1.82) is 0 Å². The minimum absolute atomic E-state index is 0.0218. The second-order valence-corrected chi connectivity index (χ2v) is 7.28. The number of halogens is 1. The molecule has 0 saturated carbocycles. The molecule has 2 aromatic rings. The maximum Gasteiger partial charge on any atom is 0.235 e. The zero-order valence-corrected chi connectivity index (χ0v) is 14.1. The van der Waals surface area contributed by atoms with Gasteiger partial charge in [0.05, 0.1) is 25.6 Å². The van der Waals surface area contributed by atoms with Gasteiger partial charge in [-0.3, -0.25) is 4.79 Å². The maximum atomic E-state index is 13.6. The molecule has 0 bridgehead atoms. The number of hydrogen-bond donors (Lipinski definition) is 1. The van der Waals surface area contributed by atoms with E-state index >= 15 is 0 Å². The van der Waals surface area contributed by atoms with Crippen molar-refractivity contribution in [1.82, 2.24) is 9.62 Å². The molecule has 1 aromatic heterocycles. The summed E-state index contributed by atoms with van der Waals surface area (Å²) in [5.74, 6) is -0.279. The molecular weight excluding hydrogens is 335 g/mol. The number of carbonyl (C=O) groups excluding carboxylic acids is 1. The summed E-state index contributed by atoms with van der Waals surface area (Å²) in [5.41, 5.74) is 0.405. The van der Waals surface area contributed by atoms with Crippen LogP contribution in [0, 0.1) is 5.82 Å². The van der Waals surface area contributed by atoms with Crippen LogP contribution in [0.2, 0.25) is 0 Å². The maximum absolute atomic E-state index is 13.6. The summed E-state index contributed by atoms with van der Waals surface area (Å²) in [4.78, 5) is 11.9. The lowest BCUT2D eigenvalue weighted by atomic mass is 10.1. The molecule has 1 aromatic carbocycles. The van der Waals surface area contributed by atoms with E-state index in [4.69, 9.17) is 4.42 Å². The number of rotatable bonds is 8. The number of hydrogen-bond acceptors (Lipinski definition) is 4. The highest BCUT2D eigenvalue weighted by atomic mass is 32.2. The molecule has 0 aliphatic carbocycles. The van der Waals surface area contributed by atoms with Crippen LogP contribution >= 0.6 is 0 Å². The average Bonchev–Trinajstić information content (AvgIpc) is 3.03. The quantitative estimate of drug-likeness (QED) is 0.780. The molecule has 1 heterocycles. The van der Waals surface area contributed by atoms with Gasteiger partial charge in [0.25, 0.3) is 0 Å². The van der Waals surface area contributed by atoms with Crippen molar-refractivity contribution in [2.45, 2.75) is 13.0 Å². The third-order valence-corrected chi connectivity index (χ3v) is 4.67. The lowest BCUT2D eigenvalue weighted by Gasteiger charge is -2.19. The Morgan fingerprint density at radius 3 is 2.62 bits per heavy atom. The SMILES string of the molecule is CS(=O)(=O)N(CCc1ccccc1F)CC(=O)NCc1ccco1. The van der Waals surface area contributed by atoms with Crippen LogP contribution < -0.4 is 5.32 Å². The topological polar surface area (TPSA) is 79.6 Å². The Balaban J connectivity index is 1.93. The second kappa shape index (κ2) is 8.07. The number of sulfonamides is 1. The van der Waals surface area contributed by atoms with Gasteiger partial charge in [0, 0.05) is 6.54 Å². The summed E-state index contributed by atoms with van der Waals surface area (Å²) in [7, 11) is -3.59. The van der Waals surface area contributed by atoms with E-state index in [1.165, 1.54) is 12.3 Å². The molecule has 6 nitrogen and oxygen atoms in total. The van der Waals surface area contributed by atoms with Crippen LogP contribution in [-0.4, -0.2) is 38.0 Å². The fraction of sp³-hybridized carbons (Fsp3) is 0.312. The molecule has 0 aliphatic heterocycles. The molecular formula is C16H19FN2O4S. The number of nitrogens with one attached hydrogen (secondary N) is 1. The second-order valence-electron chi connectivity index (χ2n) is 5.29. The minimum atomic E-state index is -3.59. The van der Waals surface area contributed by atoms with Gasteiger partial charge < -0.3 is 9.73 Å². The van der Waals surface area contributed by atoms with Crippen LogP contribution in [0.3, 0.4) is 0 Å². The molecule has 1 amide bonds. The van der Waals surface area contributed by atoms with Gasteiger partial charge in [0.15, 0.2) is 0 Å². The van der Waals surface area contributed by atoms with Crippen LogP contribution in [0.1, 0.15) is 11.3 Å². The molecule has 0 aliphatic rings. The van der Waals surface area contributed by atoms with Gasteiger partial charge >= 0.3 is 0 Å². The predicted molar refractivity (Wildman–Crippen MR) is 87.1 cm³/mol. The summed E-state index contributed by atoms with van der Waals surface area (Å²) in [5, 5.41) is 2.58. The van der Waals surface area contributed by atoms with Crippen LogP contribution in [0.4, 0.5) is 4.39 Å². The molecule has 0 radical (unpaired) electrons. The smallest absolute Gasteiger partial charge is 0.235 e. The van der Waals surface area contributed by atoms with E-state index < -0.39 is 21.7 Å². The third-order valence-electron chi connectivity index (χ3n) is 3.42. The van der Waals surface area contributed by atoms with Gasteiger partial charge in [-0.05, 0) is 30.2 Å². The zero-order valence-electron chi connectivity index (χ0n) is 13.2. The van der Waals surface area contributed by atoms with E-state index in [0.717, 1.165) is 10.6 Å². The Bertz CT molecular complexity index is 775. The first kappa shape index (κ1) is 18.2. The lowest BCUT2D eigenvalue weighted by molar-refractivity contribution is -0.121. The first-order chi connectivity index (χ1) is 11.4. The Labute approximate surface area is 140 Å². The van der Waals surface area contributed by atoms with Crippen LogP contribution in [0.25, 0.3) is 0 Å². The standard InChI is InChI=1S/C16H19FN2O4S/c1-24(21,22)19(9-8-13-5-2-3-7-15(13)17)12-16(20)18-11-14-6-4-10-23-14/h2-7,10H,8-9,11-12H2,1H3,(H,18,20). The Morgan fingerprint density at radius 1 is 1.25 bits per heavy atom. The molecule has 8 heteroatoms. The molecule has 0 fully saturated rings. The molecule has 0 unspecified atom stereocenters. The van der Waals surface area contributed by atoms with E-state index in [1.54, 1.807) is 30.3 Å². The fourth-order valence-corrected chi connectivity index (χ4v) is 2.90. The number of furan rings is 1. The van der Waals surface area contributed by atoms with Crippen molar-refractivity contribution in [2.75, 3.05) is 19.3 Å². The van der Waals surface area contributed by atoms with Gasteiger partial charge in [-0.1, -0.05) is 18.2 Å².